The summed E-state index contributed by atoms with van der Waals surface area (Å²) in [6, 6.07) is 6.24. The summed E-state index contributed by atoms with van der Waals surface area (Å²) in [6.07, 6.45) is -3.52. The molecule has 1 aromatic carbocycles. The van der Waals surface area contributed by atoms with E-state index in [1.165, 1.54) is 35.2 Å². The second kappa shape index (κ2) is 11.2. The molecular formula is C20H20F3NO5S2. The lowest BCUT2D eigenvalue weighted by atomic mass is 10.0. The molecule has 2 rings (SSSR count). The summed E-state index contributed by atoms with van der Waals surface area (Å²) in [7, 11) is 0. The van der Waals surface area contributed by atoms with Gasteiger partial charge in [0.25, 0.3) is 0 Å². The van der Waals surface area contributed by atoms with Gasteiger partial charge in [-0.1, -0.05) is 6.92 Å². The number of carboxylic acid groups (broad SMARTS) is 1. The molecule has 0 unspecified atom stereocenters. The van der Waals surface area contributed by atoms with E-state index in [0.29, 0.717) is 23.6 Å². The van der Waals surface area contributed by atoms with Crippen LogP contribution in [0.5, 0.6) is 5.75 Å². The van der Waals surface area contributed by atoms with E-state index in [-0.39, 0.29) is 29.2 Å². The van der Waals surface area contributed by atoms with Crippen molar-refractivity contribution in [1.29, 1.82) is 0 Å². The Morgan fingerprint density at radius 2 is 1.87 bits per heavy atom. The number of nitrogens with one attached hydrogen (secondary N) is 1. The number of anilines is 1. The topological polar surface area (TPSA) is 92.7 Å². The predicted molar refractivity (Wildman–Crippen MR) is 113 cm³/mol. The molecule has 0 fully saturated rings. The SMILES string of the molecule is CCc1cc(C(=O)c2ccc(OC(F)(F)F)cc2)c(NC(=O)CCCSCC(=O)O)s1. The molecule has 31 heavy (non-hydrogen) atoms. The van der Waals surface area contributed by atoms with Gasteiger partial charge in [-0.15, -0.1) is 24.5 Å². The first-order chi connectivity index (χ1) is 14.6. The number of ether oxygens (including phenoxy) is 1. The molecule has 0 saturated heterocycles. The van der Waals surface area contributed by atoms with E-state index in [4.69, 9.17) is 5.11 Å². The summed E-state index contributed by atoms with van der Waals surface area (Å²) in [4.78, 5) is 36.4. The third kappa shape index (κ3) is 8.25. The minimum absolute atomic E-state index is 0.0299. The number of ketones is 1. The molecular weight excluding hydrogens is 455 g/mol. The highest BCUT2D eigenvalue weighted by Gasteiger charge is 2.31. The van der Waals surface area contributed by atoms with Crippen LogP contribution in [-0.2, 0) is 16.0 Å². The van der Waals surface area contributed by atoms with E-state index in [1.54, 1.807) is 6.07 Å². The number of rotatable bonds is 11. The quantitative estimate of drug-likeness (QED) is 0.352. The molecule has 0 spiro atoms. The van der Waals surface area contributed by atoms with Crippen molar-refractivity contribution in [2.45, 2.75) is 32.5 Å². The zero-order chi connectivity index (χ0) is 23.0. The number of hydrogen-bond acceptors (Lipinski definition) is 6. The lowest BCUT2D eigenvalue weighted by molar-refractivity contribution is -0.274. The van der Waals surface area contributed by atoms with Gasteiger partial charge in [-0.25, -0.2) is 0 Å². The third-order valence-electron chi connectivity index (χ3n) is 3.90. The van der Waals surface area contributed by atoms with Gasteiger partial charge in [0.1, 0.15) is 10.8 Å². The van der Waals surface area contributed by atoms with Gasteiger partial charge in [0.2, 0.25) is 5.91 Å². The number of hydrogen-bond donors (Lipinski definition) is 2. The predicted octanol–water partition coefficient (Wildman–Crippen LogP) is 4.98. The lowest BCUT2D eigenvalue weighted by Crippen LogP contribution is -2.17. The summed E-state index contributed by atoms with van der Waals surface area (Å²) in [5, 5.41) is 11.7. The molecule has 6 nitrogen and oxygen atoms in total. The normalized spacial score (nSPS) is 11.2. The van der Waals surface area contributed by atoms with Gasteiger partial charge >= 0.3 is 12.3 Å². The van der Waals surface area contributed by atoms with E-state index in [0.717, 1.165) is 17.0 Å². The molecule has 0 atom stereocenters. The molecule has 1 heterocycles. The van der Waals surface area contributed by atoms with Gasteiger partial charge in [-0.2, -0.15) is 11.8 Å². The van der Waals surface area contributed by atoms with Crippen molar-refractivity contribution in [3.63, 3.8) is 0 Å². The summed E-state index contributed by atoms with van der Waals surface area (Å²) in [5.74, 6) is -1.59. The van der Waals surface area contributed by atoms with Crippen molar-refractivity contribution in [3.05, 3.63) is 46.3 Å². The number of aliphatic carboxylic acids is 1. The number of carbonyl (C=O) groups excluding carboxylic acids is 2. The summed E-state index contributed by atoms with van der Waals surface area (Å²) < 4.78 is 40.7. The Bertz CT molecular complexity index is 926. The van der Waals surface area contributed by atoms with Crippen LogP contribution in [0.4, 0.5) is 18.2 Å². The smallest absolute Gasteiger partial charge is 0.481 e. The molecule has 168 valence electrons. The lowest BCUT2D eigenvalue weighted by Gasteiger charge is -2.09. The fourth-order valence-corrected chi connectivity index (χ4v) is 4.20. The molecule has 2 aromatic rings. The van der Waals surface area contributed by atoms with E-state index in [1.807, 2.05) is 6.92 Å². The first-order valence-corrected chi connectivity index (χ1v) is 11.2. The van der Waals surface area contributed by atoms with Crippen molar-refractivity contribution in [1.82, 2.24) is 0 Å². The second-order valence-corrected chi connectivity index (χ2v) is 8.55. The van der Waals surface area contributed by atoms with Crippen molar-refractivity contribution in [2.24, 2.45) is 0 Å². The fourth-order valence-electron chi connectivity index (χ4n) is 2.52. The van der Waals surface area contributed by atoms with E-state index in [2.05, 4.69) is 10.1 Å². The number of benzene rings is 1. The Hall–Kier alpha value is -2.53. The van der Waals surface area contributed by atoms with Crippen molar-refractivity contribution >= 4 is 45.8 Å². The number of thioether (sulfide) groups is 1. The molecule has 0 aliphatic rings. The van der Waals surface area contributed by atoms with Crippen LogP contribution in [0.15, 0.2) is 30.3 Å². The molecule has 0 aliphatic carbocycles. The van der Waals surface area contributed by atoms with Gasteiger partial charge in [0.05, 0.1) is 11.3 Å². The van der Waals surface area contributed by atoms with Crippen LogP contribution in [0.3, 0.4) is 0 Å². The molecule has 0 aliphatic heterocycles. The van der Waals surface area contributed by atoms with Crippen LogP contribution >= 0.6 is 23.1 Å². The average molecular weight is 476 g/mol. The van der Waals surface area contributed by atoms with Gasteiger partial charge in [-0.3, -0.25) is 14.4 Å². The second-order valence-electron chi connectivity index (χ2n) is 6.31. The number of aryl methyl sites for hydroxylation is 1. The first-order valence-electron chi connectivity index (χ1n) is 9.21. The van der Waals surface area contributed by atoms with Crippen LogP contribution in [0.1, 0.15) is 40.6 Å². The van der Waals surface area contributed by atoms with Crippen molar-refractivity contribution < 1.29 is 37.4 Å². The van der Waals surface area contributed by atoms with Gasteiger partial charge in [0, 0.05) is 16.9 Å². The first kappa shape index (κ1) is 24.7. The molecule has 0 radical (unpaired) electrons. The third-order valence-corrected chi connectivity index (χ3v) is 6.12. The van der Waals surface area contributed by atoms with Crippen molar-refractivity contribution in [3.8, 4) is 5.75 Å². The van der Waals surface area contributed by atoms with Gasteiger partial charge in [-0.05, 0) is 48.9 Å². The number of halogens is 3. The van der Waals surface area contributed by atoms with Gasteiger partial charge in [0.15, 0.2) is 5.78 Å². The zero-order valence-corrected chi connectivity index (χ0v) is 18.1. The highest BCUT2D eigenvalue weighted by atomic mass is 32.2. The maximum absolute atomic E-state index is 12.9. The molecule has 2 N–H and O–H groups in total. The Labute approximate surface area is 184 Å². The number of alkyl halides is 3. The monoisotopic (exact) mass is 475 g/mol. The van der Waals surface area contributed by atoms with Crippen LogP contribution in [0, 0.1) is 0 Å². The average Bonchev–Trinajstić information content (AvgIpc) is 3.09. The highest BCUT2D eigenvalue weighted by Crippen LogP contribution is 2.31. The van der Waals surface area contributed by atoms with E-state index < -0.39 is 23.9 Å². The largest absolute Gasteiger partial charge is 0.573 e. The Kier molecular flexibility index (Phi) is 8.93. The number of amides is 1. The van der Waals surface area contributed by atoms with Gasteiger partial charge < -0.3 is 15.2 Å². The Balaban J connectivity index is 2.06. The standard InChI is InChI=1S/C20H20F3NO5S2/c1-2-14-10-15(18(28)12-5-7-13(8-6-12)29-20(21,22)23)19(31-14)24-16(25)4-3-9-30-11-17(26)27/h5-8,10H,2-4,9,11H2,1H3,(H,24,25)(H,26,27). The summed E-state index contributed by atoms with van der Waals surface area (Å²) in [6.45, 7) is 1.90. The number of carbonyl (C=O) groups is 3. The van der Waals surface area contributed by atoms with Crippen LogP contribution < -0.4 is 10.1 Å². The van der Waals surface area contributed by atoms with Crippen LogP contribution in [0.25, 0.3) is 0 Å². The van der Waals surface area contributed by atoms with Crippen LogP contribution in [0.2, 0.25) is 0 Å². The van der Waals surface area contributed by atoms with Crippen LogP contribution in [-0.4, -0.2) is 40.6 Å². The maximum atomic E-state index is 12.9. The zero-order valence-electron chi connectivity index (χ0n) is 16.5. The molecule has 0 saturated carbocycles. The minimum Gasteiger partial charge on any atom is -0.481 e. The molecule has 1 amide bonds. The Morgan fingerprint density at radius 3 is 2.45 bits per heavy atom. The minimum atomic E-state index is -4.82. The molecule has 1 aromatic heterocycles. The summed E-state index contributed by atoms with van der Waals surface area (Å²) >= 11 is 2.48. The fraction of sp³-hybridized carbons (Fsp3) is 0.350. The molecule has 0 bridgehead atoms. The summed E-state index contributed by atoms with van der Waals surface area (Å²) in [5.41, 5.74) is 0.426. The Morgan fingerprint density at radius 1 is 1.19 bits per heavy atom. The number of thiophene rings is 1. The van der Waals surface area contributed by atoms with E-state index in [9.17, 15) is 27.6 Å². The van der Waals surface area contributed by atoms with E-state index >= 15 is 0 Å². The number of carboxylic acids is 1. The van der Waals surface area contributed by atoms with Crippen molar-refractivity contribution in [2.75, 3.05) is 16.8 Å². The highest BCUT2D eigenvalue weighted by molar-refractivity contribution is 7.99. The molecule has 11 heteroatoms. The maximum Gasteiger partial charge on any atom is 0.573 e.